The first-order valence-corrected chi connectivity index (χ1v) is 8.33. The van der Waals surface area contributed by atoms with Crippen molar-refractivity contribution in [3.05, 3.63) is 48.3 Å². The van der Waals surface area contributed by atoms with Crippen molar-refractivity contribution in [1.82, 2.24) is 15.3 Å². The first-order valence-electron chi connectivity index (χ1n) is 8.33. The van der Waals surface area contributed by atoms with E-state index in [1.165, 1.54) is 18.2 Å². The summed E-state index contributed by atoms with van der Waals surface area (Å²) in [5.74, 6) is 0.647. The Labute approximate surface area is 145 Å². The zero-order chi connectivity index (χ0) is 17.4. The molecule has 3 aromatic rings. The molecule has 2 aromatic carbocycles. The minimum atomic E-state index is -0.431. The van der Waals surface area contributed by atoms with Crippen molar-refractivity contribution in [3.8, 4) is 17.1 Å². The topological polar surface area (TPSA) is 61.3 Å². The molecule has 1 atom stereocenters. The van der Waals surface area contributed by atoms with Gasteiger partial charge in [0.1, 0.15) is 17.4 Å². The summed E-state index contributed by atoms with van der Waals surface area (Å²) >= 11 is 0. The van der Waals surface area contributed by atoms with E-state index in [4.69, 9.17) is 0 Å². The van der Waals surface area contributed by atoms with Gasteiger partial charge in [-0.3, -0.25) is 0 Å². The molecule has 128 valence electrons. The van der Waals surface area contributed by atoms with Gasteiger partial charge in [0.25, 0.3) is 0 Å². The number of rotatable bonds is 3. The number of nitrogens with one attached hydrogen (secondary N) is 1. The van der Waals surface area contributed by atoms with Crippen LogP contribution in [0.25, 0.3) is 22.3 Å². The first-order chi connectivity index (χ1) is 12.1. The van der Waals surface area contributed by atoms with Crippen LogP contribution in [0.2, 0.25) is 0 Å². The number of para-hydroxylation sites is 1. The van der Waals surface area contributed by atoms with E-state index >= 15 is 0 Å². The monoisotopic (exact) mass is 338 g/mol. The van der Waals surface area contributed by atoms with Gasteiger partial charge in [-0.2, -0.15) is 0 Å². The minimum absolute atomic E-state index is 0.0344. The third-order valence-electron chi connectivity index (χ3n) is 4.70. The van der Waals surface area contributed by atoms with Crippen molar-refractivity contribution in [2.75, 3.05) is 25.0 Å². The van der Waals surface area contributed by atoms with Gasteiger partial charge in [0.2, 0.25) is 0 Å². The maximum Gasteiger partial charge on any atom is 0.165 e. The Morgan fingerprint density at radius 3 is 2.84 bits per heavy atom. The highest BCUT2D eigenvalue weighted by atomic mass is 19.1. The van der Waals surface area contributed by atoms with Crippen molar-refractivity contribution >= 4 is 16.7 Å². The highest BCUT2D eigenvalue weighted by Gasteiger charge is 2.23. The summed E-state index contributed by atoms with van der Waals surface area (Å²) < 4.78 is 13.7. The Kier molecular flexibility index (Phi) is 3.97. The van der Waals surface area contributed by atoms with Crippen LogP contribution >= 0.6 is 0 Å². The van der Waals surface area contributed by atoms with Crippen LogP contribution in [0.1, 0.15) is 6.42 Å². The van der Waals surface area contributed by atoms with Gasteiger partial charge >= 0.3 is 0 Å². The lowest BCUT2D eigenvalue weighted by Gasteiger charge is -2.26. The van der Waals surface area contributed by atoms with E-state index in [2.05, 4.69) is 20.2 Å². The first kappa shape index (κ1) is 15.8. The number of anilines is 1. The fourth-order valence-electron chi connectivity index (χ4n) is 3.28. The van der Waals surface area contributed by atoms with E-state index in [1.807, 2.05) is 31.3 Å². The molecule has 1 fully saturated rings. The van der Waals surface area contributed by atoms with Gasteiger partial charge < -0.3 is 15.3 Å². The summed E-state index contributed by atoms with van der Waals surface area (Å²) in [6.45, 7) is 1.88. The molecule has 0 amide bonds. The largest absolute Gasteiger partial charge is 0.507 e. The van der Waals surface area contributed by atoms with Crippen LogP contribution in [0.15, 0.2) is 42.5 Å². The highest BCUT2D eigenvalue weighted by Crippen LogP contribution is 2.32. The SMILES string of the molecule is CN(c1nc(-c2cc(F)ccc2O)nc2ccccc12)[C@H]1CCNC1. The molecule has 1 aromatic heterocycles. The molecule has 2 heterocycles. The minimum Gasteiger partial charge on any atom is -0.507 e. The normalized spacial score (nSPS) is 17.1. The Balaban J connectivity index is 1.90. The predicted octanol–water partition coefficient (Wildman–Crippen LogP) is 2.94. The van der Waals surface area contributed by atoms with Crippen LogP contribution in [-0.4, -0.2) is 41.3 Å². The molecule has 2 N–H and O–H groups in total. The van der Waals surface area contributed by atoms with Crippen molar-refractivity contribution in [2.24, 2.45) is 0 Å². The van der Waals surface area contributed by atoms with Crippen LogP contribution in [0.5, 0.6) is 5.75 Å². The molecule has 1 aliphatic rings. The maximum atomic E-state index is 13.7. The van der Waals surface area contributed by atoms with E-state index < -0.39 is 5.82 Å². The summed E-state index contributed by atoms with van der Waals surface area (Å²) in [6.07, 6.45) is 1.04. The molecule has 4 rings (SSSR count). The lowest BCUT2D eigenvalue weighted by molar-refractivity contribution is 0.475. The second-order valence-electron chi connectivity index (χ2n) is 6.31. The Hall–Kier alpha value is -2.73. The molecule has 0 unspecified atom stereocenters. The summed E-state index contributed by atoms with van der Waals surface area (Å²) in [5.41, 5.74) is 1.06. The van der Waals surface area contributed by atoms with E-state index in [1.54, 1.807) is 0 Å². The third kappa shape index (κ3) is 2.89. The molecule has 1 saturated heterocycles. The number of fused-ring (bicyclic) bond motifs is 1. The number of phenolic OH excluding ortho intramolecular Hbond substituents is 1. The van der Waals surface area contributed by atoms with Gasteiger partial charge in [-0.25, -0.2) is 14.4 Å². The van der Waals surface area contributed by atoms with Gasteiger partial charge in [0, 0.05) is 25.0 Å². The molecule has 0 bridgehead atoms. The Morgan fingerprint density at radius 2 is 2.04 bits per heavy atom. The quantitative estimate of drug-likeness (QED) is 0.769. The number of nitrogens with zero attached hydrogens (tertiary/aromatic N) is 3. The van der Waals surface area contributed by atoms with E-state index in [0.29, 0.717) is 17.4 Å². The average molecular weight is 338 g/mol. The van der Waals surface area contributed by atoms with Crippen LogP contribution < -0.4 is 10.2 Å². The fourth-order valence-corrected chi connectivity index (χ4v) is 3.28. The molecular formula is C19H19FN4O. The molecule has 6 heteroatoms. The molecule has 5 nitrogen and oxygen atoms in total. The summed E-state index contributed by atoms with van der Waals surface area (Å²) in [5, 5.41) is 14.4. The summed E-state index contributed by atoms with van der Waals surface area (Å²) in [6, 6.07) is 11.9. The number of hydrogen-bond acceptors (Lipinski definition) is 5. The van der Waals surface area contributed by atoms with Crippen molar-refractivity contribution in [2.45, 2.75) is 12.5 Å². The lowest BCUT2D eigenvalue weighted by atomic mass is 10.1. The smallest absolute Gasteiger partial charge is 0.165 e. The molecule has 0 spiro atoms. The molecular weight excluding hydrogens is 319 g/mol. The Bertz CT molecular complexity index is 924. The summed E-state index contributed by atoms with van der Waals surface area (Å²) in [7, 11) is 2.02. The van der Waals surface area contributed by atoms with Gasteiger partial charge in [-0.1, -0.05) is 12.1 Å². The maximum absolute atomic E-state index is 13.7. The third-order valence-corrected chi connectivity index (χ3v) is 4.70. The second-order valence-corrected chi connectivity index (χ2v) is 6.31. The van der Waals surface area contributed by atoms with Gasteiger partial charge in [-0.15, -0.1) is 0 Å². The van der Waals surface area contributed by atoms with Crippen LogP contribution in [0.4, 0.5) is 10.2 Å². The number of hydrogen-bond donors (Lipinski definition) is 2. The predicted molar refractivity (Wildman–Crippen MR) is 96.3 cm³/mol. The second kappa shape index (κ2) is 6.29. The summed E-state index contributed by atoms with van der Waals surface area (Å²) in [4.78, 5) is 11.4. The zero-order valence-electron chi connectivity index (χ0n) is 13.9. The van der Waals surface area contributed by atoms with E-state index in [-0.39, 0.29) is 5.75 Å². The van der Waals surface area contributed by atoms with Crippen LogP contribution in [-0.2, 0) is 0 Å². The number of phenols is 1. The number of likely N-dealkylation sites (N-methyl/N-ethyl adjacent to an activating group) is 1. The molecule has 0 radical (unpaired) electrons. The van der Waals surface area contributed by atoms with Crippen molar-refractivity contribution < 1.29 is 9.50 Å². The lowest BCUT2D eigenvalue weighted by Crippen LogP contribution is -2.34. The standard InChI is InChI=1S/C19H19FN4O/c1-24(13-8-9-21-11-13)19-14-4-2-3-5-16(14)22-18(23-19)15-10-12(20)6-7-17(15)25/h2-7,10,13,21,25H,8-9,11H2,1H3/t13-/m0/s1. The molecule has 25 heavy (non-hydrogen) atoms. The molecule has 0 aliphatic carbocycles. The number of halogens is 1. The fraction of sp³-hybridized carbons (Fsp3) is 0.263. The number of benzene rings is 2. The molecule has 0 saturated carbocycles. The Morgan fingerprint density at radius 1 is 1.20 bits per heavy atom. The number of aromatic nitrogens is 2. The van der Waals surface area contributed by atoms with Crippen molar-refractivity contribution in [1.29, 1.82) is 0 Å². The van der Waals surface area contributed by atoms with Gasteiger partial charge in [0.05, 0.1) is 11.1 Å². The zero-order valence-corrected chi connectivity index (χ0v) is 13.9. The highest BCUT2D eigenvalue weighted by molar-refractivity contribution is 5.91. The van der Waals surface area contributed by atoms with E-state index in [9.17, 15) is 9.50 Å². The molecule has 1 aliphatic heterocycles. The van der Waals surface area contributed by atoms with Crippen LogP contribution in [0, 0.1) is 5.82 Å². The average Bonchev–Trinajstić information content (AvgIpc) is 3.17. The van der Waals surface area contributed by atoms with Gasteiger partial charge in [-0.05, 0) is 43.3 Å². The van der Waals surface area contributed by atoms with Crippen LogP contribution in [0.3, 0.4) is 0 Å². The van der Waals surface area contributed by atoms with Gasteiger partial charge in [0.15, 0.2) is 5.82 Å². The van der Waals surface area contributed by atoms with E-state index in [0.717, 1.165) is 36.2 Å². The van der Waals surface area contributed by atoms with Crippen molar-refractivity contribution in [3.63, 3.8) is 0 Å². The number of aromatic hydroxyl groups is 1.